The average molecular weight is 322 g/mol. The van der Waals surface area contributed by atoms with Crippen LogP contribution in [0.1, 0.15) is 18.1 Å². The van der Waals surface area contributed by atoms with Gasteiger partial charge in [0.15, 0.2) is 0 Å². The molecule has 1 heterocycles. The number of pyridine rings is 1. The first kappa shape index (κ1) is 16.6. The van der Waals surface area contributed by atoms with Crippen LogP contribution in [0.4, 0.5) is 13.2 Å². The molecule has 0 amide bonds. The lowest BCUT2D eigenvalue weighted by atomic mass is 9.99. The predicted molar refractivity (Wildman–Crippen MR) is 78.6 cm³/mol. The van der Waals surface area contributed by atoms with E-state index in [1.165, 1.54) is 12.3 Å². The number of aromatic nitrogens is 1. The maximum absolute atomic E-state index is 12.1. The minimum Gasteiger partial charge on any atom is -0.388 e. The molecule has 120 valence electrons. The highest BCUT2D eigenvalue weighted by Crippen LogP contribution is 2.26. The van der Waals surface area contributed by atoms with E-state index >= 15 is 0 Å². The summed E-state index contributed by atoms with van der Waals surface area (Å²) in [6, 6.07) is 8.24. The quantitative estimate of drug-likeness (QED) is 0.440. The number of halogens is 3. The molecule has 0 saturated heterocycles. The number of rotatable bonds is 5. The molecule has 0 aliphatic rings. The van der Waals surface area contributed by atoms with Crippen LogP contribution in [0.5, 0.6) is 5.88 Å². The molecular formula is C15H13F3N4O. The van der Waals surface area contributed by atoms with Gasteiger partial charge in [0, 0.05) is 22.7 Å². The Kier molecular flexibility index (Phi) is 5.08. The third kappa shape index (κ3) is 4.62. The lowest BCUT2D eigenvalue weighted by Crippen LogP contribution is -2.17. The highest BCUT2D eigenvalue weighted by atomic mass is 19.4. The molecule has 2 rings (SSSR count). The topological polar surface area (TPSA) is 70.9 Å². The molecule has 1 aromatic heterocycles. The molecule has 0 aliphatic heterocycles. The van der Waals surface area contributed by atoms with E-state index in [4.69, 9.17) is 5.53 Å². The molecule has 8 heteroatoms. The normalized spacial score (nSPS) is 11.0. The molecule has 0 aliphatic carbocycles. The summed E-state index contributed by atoms with van der Waals surface area (Å²) >= 11 is 0. The van der Waals surface area contributed by atoms with Crippen molar-refractivity contribution in [2.45, 2.75) is 26.3 Å². The van der Waals surface area contributed by atoms with Crippen LogP contribution in [-0.4, -0.2) is 11.3 Å². The minimum absolute atomic E-state index is 0.218. The number of azide groups is 1. The highest BCUT2D eigenvalue weighted by molar-refractivity contribution is 5.64. The standard InChI is InChI=1S/C15H13F3N4O/c1-2-10-3-4-11(7-13(10)9-21-22-19)12-5-6-14(20-8-12)23-15(16,17)18/h3-8H,2,9H2,1H3. The second kappa shape index (κ2) is 7.02. The Hall–Kier alpha value is -2.73. The number of nitrogens with zero attached hydrogens (tertiary/aromatic N) is 4. The van der Waals surface area contributed by atoms with Gasteiger partial charge in [-0.2, -0.15) is 0 Å². The summed E-state index contributed by atoms with van der Waals surface area (Å²) in [6.45, 7) is 2.20. The van der Waals surface area contributed by atoms with Gasteiger partial charge >= 0.3 is 6.36 Å². The summed E-state index contributed by atoms with van der Waals surface area (Å²) in [7, 11) is 0. The molecule has 23 heavy (non-hydrogen) atoms. The first-order valence-corrected chi connectivity index (χ1v) is 6.77. The number of benzene rings is 1. The van der Waals surface area contributed by atoms with E-state index in [0.29, 0.717) is 5.56 Å². The average Bonchev–Trinajstić information content (AvgIpc) is 2.52. The SMILES string of the molecule is CCc1ccc(-c2ccc(OC(F)(F)F)nc2)cc1CN=[N+]=[N-]. The lowest BCUT2D eigenvalue weighted by molar-refractivity contribution is -0.276. The molecule has 0 N–H and O–H groups in total. The van der Waals surface area contributed by atoms with E-state index in [9.17, 15) is 13.2 Å². The van der Waals surface area contributed by atoms with Crippen LogP contribution in [0.2, 0.25) is 0 Å². The van der Waals surface area contributed by atoms with Gasteiger partial charge in [-0.05, 0) is 34.7 Å². The Morgan fingerprint density at radius 1 is 1.17 bits per heavy atom. The number of hydrogen-bond donors (Lipinski definition) is 0. The second-order valence-electron chi connectivity index (χ2n) is 4.66. The van der Waals surface area contributed by atoms with Gasteiger partial charge in [-0.15, -0.1) is 13.2 Å². The maximum atomic E-state index is 12.1. The largest absolute Gasteiger partial charge is 0.574 e. The Morgan fingerprint density at radius 2 is 1.91 bits per heavy atom. The van der Waals surface area contributed by atoms with Crippen molar-refractivity contribution in [3.63, 3.8) is 0 Å². The monoisotopic (exact) mass is 322 g/mol. The minimum atomic E-state index is -4.76. The van der Waals surface area contributed by atoms with Crippen molar-refractivity contribution in [2.24, 2.45) is 5.11 Å². The van der Waals surface area contributed by atoms with Gasteiger partial charge in [0.2, 0.25) is 5.88 Å². The van der Waals surface area contributed by atoms with E-state index < -0.39 is 12.2 Å². The summed E-state index contributed by atoms with van der Waals surface area (Å²) < 4.78 is 40.1. The van der Waals surface area contributed by atoms with Crippen LogP contribution in [0.3, 0.4) is 0 Å². The molecule has 0 radical (unpaired) electrons. The fraction of sp³-hybridized carbons (Fsp3) is 0.267. The molecule has 0 bridgehead atoms. The van der Waals surface area contributed by atoms with Gasteiger partial charge in [-0.3, -0.25) is 0 Å². The molecule has 0 unspecified atom stereocenters. The smallest absolute Gasteiger partial charge is 0.388 e. The van der Waals surface area contributed by atoms with Crippen molar-refractivity contribution in [3.8, 4) is 17.0 Å². The first-order chi connectivity index (χ1) is 10.9. The summed E-state index contributed by atoms with van der Waals surface area (Å²) in [6.07, 6.45) is -2.67. The molecule has 2 aromatic rings. The number of hydrogen-bond acceptors (Lipinski definition) is 3. The van der Waals surface area contributed by atoms with Crippen LogP contribution < -0.4 is 4.74 Å². The number of alkyl halides is 3. The van der Waals surface area contributed by atoms with E-state index in [1.807, 2.05) is 25.1 Å². The first-order valence-electron chi connectivity index (χ1n) is 6.77. The fourth-order valence-corrected chi connectivity index (χ4v) is 2.14. The molecular weight excluding hydrogens is 309 g/mol. The molecule has 1 aromatic carbocycles. The Labute approximate surface area is 130 Å². The van der Waals surface area contributed by atoms with E-state index in [2.05, 4.69) is 19.7 Å². The van der Waals surface area contributed by atoms with Crippen molar-refractivity contribution in [2.75, 3.05) is 0 Å². The highest BCUT2D eigenvalue weighted by Gasteiger charge is 2.31. The Morgan fingerprint density at radius 3 is 2.48 bits per heavy atom. The van der Waals surface area contributed by atoms with E-state index in [-0.39, 0.29) is 6.54 Å². The number of ether oxygens (including phenoxy) is 1. The van der Waals surface area contributed by atoms with Crippen LogP contribution in [0.25, 0.3) is 21.6 Å². The zero-order chi connectivity index (χ0) is 16.9. The van der Waals surface area contributed by atoms with E-state index in [0.717, 1.165) is 29.2 Å². The van der Waals surface area contributed by atoms with E-state index in [1.54, 1.807) is 0 Å². The van der Waals surface area contributed by atoms with Crippen molar-refractivity contribution in [1.29, 1.82) is 0 Å². The molecule has 0 spiro atoms. The van der Waals surface area contributed by atoms with Gasteiger partial charge in [0.25, 0.3) is 0 Å². The van der Waals surface area contributed by atoms with Gasteiger partial charge in [0.1, 0.15) is 0 Å². The molecule has 0 atom stereocenters. The fourth-order valence-electron chi connectivity index (χ4n) is 2.14. The van der Waals surface area contributed by atoms with Crippen LogP contribution >= 0.6 is 0 Å². The molecule has 0 saturated carbocycles. The lowest BCUT2D eigenvalue weighted by Gasteiger charge is -2.10. The van der Waals surface area contributed by atoms with Crippen molar-refractivity contribution in [1.82, 2.24) is 4.98 Å². The zero-order valence-corrected chi connectivity index (χ0v) is 12.2. The predicted octanol–water partition coefficient (Wildman–Crippen LogP) is 5.02. The number of aryl methyl sites for hydroxylation is 1. The van der Waals surface area contributed by atoms with Crippen LogP contribution in [0, 0.1) is 0 Å². The van der Waals surface area contributed by atoms with Crippen molar-refractivity contribution in [3.05, 3.63) is 58.1 Å². The van der Waals surface area contributed by atoms with Gasteiger partial charge < -0.3 is 4.74 Å². The third-order valence-electron chi connectivity index (χ3n) is 3.18. The second-order valence-corrected chi connectivity index (χ2v) is 4.66. The summed E-state index contributed by atoms with van der Waals surface area (Å²) in [5.74, 6) is -0.513. The van der Waals surface area contributed by atoms with Crippen molar-refractivity contribution < 1.29 is 17.9 Å². The molecule has 0 fully saturated rings. The summed E-state index contributed by atoms with van der Waals surface area (Å²) in [5, 5.41) is 3.56. The van der Waals surface area contributed by atoms with Gasteiger partial charge in [0.05, 0.1) is 6.54 Å². The van der Waals surface area contributed by atoms with Gasteiger partial charge in [-0.1, -0.05) is 30.2 Å². The van der Waals surface area contributed by atoms with Crippen molar-refractivity contribution >= 4 is 0 Å². The maximum Gasteiger partial charge on any atom is 0.574 e. The van der Waals surface area contributed by atoms with Crippen LogP contribution in [0.15, 0.2) is 41.6 Å². The zero-order valence-electron chi connectivity index (χ0n) is 12.2. The molecule has 5 nitrogen and oxygen atoms in total. The Bertz CT molecular complexity index is 722. The van der Waals surface area contributed by atoms with Crippen LogP contribution in [-0.2, 0) is 13.0 Å². The summed E-state index contributed by atoms with van der Waals surface area (Å²) in [5.41, 5.74) is 11.8. The Balaban J connectivity index is 2.29. The third-order valence-corrected chi connectivity index (χ3v) is 3.18. The van der Waals surface area contributed by atoms with Gasteiger partial charge in [-0.25, -0.2) is 4.98 Å². The summed E-state index contributed by atoms with van der Waals surface area (Å²) in [4.78, 5) is 6.39.